The van der Waals surface area contributed by atoms with Crippen LogP contribution in [0.3, 0.4) is 0 Å². The molecule has 0 unspecified atom stereocenters. The van der Waals surface area contributed by atoms with Crippen molar-refractivity contribution in [3.05, 3.63) is 27.4 Å². The monoisotopic (exact) mass is 434 g/mol. The number of ether oxygens (including phenoxy) is 2. The van der Waals surface area contributed by atoms with Gasteiger partial charge in [0, 0.05) is 34.2 Å². The summed E-state index contributed by atoms with van der Waals surface area (Å²) >= 11 is 3.81. The zero-order chi connectivity index (χ0) is 19.5. The van der Waals surface area contributed by atoms with Gasteiger partial charge in [-0.3, -0.25) is 0 Å². The molecular formula is C21H27BrN2O3. The van der Waals surface area contributed by atoms with Crippen molar-refractivity contribution in [3.63, 3.8) is 0 Å². The van der Waals surface area contributed by atoms with Crippen molar-refractivity contribution in [1.82, 2.24) is 4.57 Å². The molecule has 1 aliphatic carbocycles. The van der Waals surface area contributed by atoms with Gasteiger partial charge in [0.05, 0.1) is 23.9 Å². The molecule has 1 aliphatic heterocycles. The Kier molecular flexibility index (Phi) is 4.54. The fourth-order valence-corrected chi connectivity index (χ4v) is 4.90. The Morgan fingerprint density at radius 3 is 2.67 bits per heavy atom. The van der Waals surface area contributed by atoms with Crippen LogP contribution in [0.1, 0.15) is 62.5 Å². The molecule has 1 fully saturated rings. The van der Waals surface area contributed by atoms with E-state index in [1.54, 1.807) is 0 Å². The number of rotatable bonds is 4. The molecule has 0 spiro atoms. The van der Waals surface area contributed by atoms with Gasteiger partial charge in [-0.2, -0.15) is 0 Å². The lowest BCUT2D eigenvalue weighted by Gasteiger charge is -2.30. The topological polar surface area (TPSA) is 52.5 Å². The highest BCUT2D eigenvalue weighted by molar-refractivity contribution is 9.10. The summed E-state index contributed by atoms with van der Waals surface area (Å²) in [5, 5.41) is 4.71. The zero-order valence-electron chi connectivity index (χ0n) is 16.6. The predicted octanol–water partition coefficient (Wildman–Crippen LogP) is 5.04. The first-order valence-electron chi connectivity index (χ1n) is 9.57. The van der Waals surface area contributed by atoms with Crippen LogP contribution in [0.25, 0.3) is 10.9 Å². The van der Waals surface area contributed by atoms with E-state index in [2.05, 4.69) is 38.8 Å². The number of benzene rings is 1. The number of carbonyl (C=O) groups is 1. The summed E-state index contributed by atoms with van der Waals surface area (Å²) in [6.45, 7) is 9.79. The first-order valence-corrected chi connectivity index (χ1v) is 10.4. The Morgan fingerprint density at radius 2 is 2.07 bits per heavy atom. The summed E-state index contributed by atoms with van der Waals surface area (Å²) in [5.74, 6) is 0.291. The van der Waals surface area contributed by atoms with Crippen molar-refractivity contribution in [2.24, 2.45) is 0 Å². The number of hydrogen-bond acceptors (Lipinski definition) is 4. The number of halogens is 1. The molecule has 1 aromatic heterocycles. The average molecular weight is 435 g/mol. The molecule has 1 N–H and O–H groups in total. The molecule has 0 saturated heterocycles. The van der Waals surface area contributed by atoms with E-state index in [0.29, 0.717) is 5.92 Å². The largest absolute Gasteiger partial charge is 0.467 e. The van der Waals surface area contributed by atoms with Crippen molar-refractivity contribution in [1.29, 1.82) is 0 Å². The molecule has 1 aromatic carbocycles. The maximum absolute atomic E-state index is 12.6. The first-order chi connectivity index (χ1) is 12.7. The minimum absolute atomic E-state index is 0.377. The van der Waals surface area contributed by atoms with Gasteiger partial charge in [-0.25, -0.2) is 4.79 Å². The minimum atomic E-state index is -0.776. The van der Waals surface area contributed by atoms with Gasteiger partial charge in [-0.05, 0) is 74.0 Å². The third-order valence-electron chi connectivity index (χ3n) is 5.40. The van der Waals surface area contributed by atoms with Gasteiger partial charge in [0.2, 0.25) is 0 Å². The van der Waals surface area contributed by atoms with Crippen molar-refractivity contribution < 1.29 is 14.3 Å². The first kappa shape index (κ1) is 18.8. The number of methoxy groups -OCH3 is 1. The van der Waals surface area contributed by atoms with E-state index in [1.165, 1.54) is 31.2 Å². The van der Waals surface area contributed by atoms with Crippen LogP contribution in [0.5, 0.6) is 0 Å². The SMILES string of the molecule is COC(=O)[C@@H](OC(C)(C)C)c1c(C)c2c3c(cc(C4CC4)n3CCN2)c1Br. The summed E-state index contributed by atoms with van der Waals surface area (Å²) in [6, 6.07) is 2.29. The van der Waals surface area contributed by atoms with Crippen molar-refractivity contribution in [2.75, 3.05) is 19.0 Å². The smallest absolute Gasteiger partial charge is 0.339 e. The summed E-state index contributed by atoms with van der Waals surface area (Å²) in [7, 11) is 1.41. The molecule has 4 rings (SSSR count). The fraction of sp³-hybridized carbons (Fsp3) is 0.571. The van der Waals surface area contributed by atoms with Gasteiger partial charge in [0.15, 0.2) is 6.10 Å². The number of nitrogens with zero attached hydrogens (tertiary/aromatic N) is 1. The third kappa shape index (κ3) is 3.17. The summed E-state index contributed by atoms with van der Waals surface area (Å²) in [5.41, 5.74) is 5.17. The Hall–Kier alpha value is -1.53. The van der Waals surface area contributed by atoms with E-state index in [1.807, 2.05) is 20.8 Å². The average Bonchev–Trinajstić information content (AvgIpc) is 3.38. The van der Waals surface area contributed by atoms with E-state index in [-0.39, 0.29) is 5.97 Å². The lowest BCUT2D eigenvalue weighted by Crippen LogP contribution is -2.29. The molecule has 6 heteroatoms. The zero-order valence-corrected chi connectivity index (χ0v) is 18.2. The predicted molar refractivity (Wildman–Crippen MR) is 110 cm³/mol. The lowest BCUT2D eigenvalue weighted by atomic mass is 9.97. The van der Waals surface area contributed by atoms with Gasteiger partial charge >= 0.3 is 5.97 Å². The molecule has 0 amide bonds. The number of anilines is 1. The van der Waals surface area contributed by atoms with Crippen LogP contribution >= 0.6 is 15.9 Å². The maximum atomic E-state index is 12.6. The van der Waals surface area contributed by atoms with E-state index in [4.69, 9.17) is 9.47 Å². The van der Waals surface area contributed by atoms with Gasteiger partial charge in [0.1, 0.15) is 0 Å². The standard InChI is InChI=1S/C21H27BrN2O3/c1-11-15(19(20(25)26-5)27-21(2,3)4)16(22)13-10-14(12-6-7-12)24-9-8-23-17(11)18(13)24/h10,12,19,23H,6-9H2,1-5H3/t19-/m0/s1. The third-order valence-corrected chi connectivity index (χ3v) is 6.25. The molecule has 2 aliphatic rings. The highest BCUT2D eigenvalue weighted by Gasteiger charge is 2.36. The molecule has 5 nitrogen and oxygen atoms in total. The van der Waals surface area contributed by atoms with Gasteiger partial charge in [-0.15, -0.1) is 0 Å². The van der Waals surface area contributed by atoms with E-state index < -0.39 is 11.7 Å². The second-order valence-electron chi connectivity index (χ2n) is 8.55. The van der Waals surface area contributed by atoms with Crippen molar-refractivity contribution >= 4 is 38.5 Å². The molecule has 2 heterocycles. The normalized spacial score (nSPS) is 17.7. The molecule has 0 radical (unpaired) electrons. The number of carbonyl (C=O) groups excluding carboxylic acids is 1. The van der Waals surface area contributed by atoms with E-state index in [9.17, 15) is 4.79 Å². The molecule has 27 heavy (non-hydrogen) atoms. The quantitative estimate of drug-likeness (QED) is 0.684. The lowest BCUT2D eigenvalue weighted by molar-refractivity contribution is -0.164. The minimum Gasteiger partial charge on any atom is -0.467 e. The molecule has 1 atom stereocenters. The Balaban J connectivity index is 1.96. The van der Waals surface area contributed by atoms with Crippen LogP contribution in [0.15, 0.2) is 10.5 Å². The Bertz CT molecular complexity index is 922. The van der Waals surface area contributed by atoms with Gasteiger partial charge in [-0.1, -0.05) is 0 Å². The Morgan fingerprint density at radius 1 is 1.37 bits per heavy atom. The molecular weight excluding hydrogens is 408 g/mol. The summed E-state index contributed by atoms with van der Waals surface area (Å²) < 4.78 is 14.6. The van der Waals surface area contributed by atoms with Crippen LogP contribution in [-0.2, 0) is 20.8 Å². The molecule has 0 bridgehead atoms. The van der Waals surface area contributed by atoms with E-state index in [0.717, 1.165) is 39.8 Å². The molecule has 1 saturated carbocycles. The fourth-order valence-electron chi connectivity index (χ4n) is 4.09. The van der Waals surface area contributed by atoms with E-state index >= 15 is 0 Å². The van der Waals surface area contributed by atoms with Crippen molar-refractivity contribution in [2.45, 2.75) is 64.7 Å². The number of aromatic nitrogens is 1. The number of esters is 1. The van der Waals surface area contributed by atoms with Crippen molar-refractivity contribution in [3.8, 4) is 0 Å². The van der Waals surface area contributed by atoms with Gasteiger partial charge < -0.3 is 19.4 Å². The number of nitrogens with one attached hydrogen (secondary N) is 1. The van der Waals surface area contributed by atoms with Crippen LogP contribution < -0.4 is 5.32 Å². The highest BCUT2D eigenvalue weighted by atomic mass is 79.9. The van der Waals surface area contributed by atoms with Crippen LogP contribution in [0.2, 0.25) is 0 Å². The molecule has 146 valence electrons. The summed E-state index contributed by atoms with van der Waals surface area (Å²) in [6.07, 6.45) is 1.75. The van der Waals surface area contributed by atoms with Crippen LogP contribution in [-0.4, -0.2) is 29.8 Å². The number of hydrogen-bond donors (Lipinski definition) is 1. The molecule has 2 aromatic rings. The Labute approximate surface area is 168 Å². The highest BCUT2D eigenvalue weighted by Crippen LogP contribution is 2.49. The van der Waals surface area contributed by atoms with Crippen LogP contribution in [0.4, 0.5) is 5.69 Å². The van der Waals surface area contributed by atoms with Gasteiger partial charge in [0.25, 0.3) is 0 Å². The van der Waals surface area contributed by atoms with Crippen LogP contribution in [0, 0.1) is 6.92 Å². The summed E-state index contributed by atoms with van der Waals surface area (Å²) in [4.78, 5) is 12.6. The maximum Gasteiger partial charge on any atom is 0.339 e. The second-order valence-corrected chi connectivity index (χ2v) is 9.34. The second kappa shape index (κ2) is 6.52.